The Morgan fingerprint density at radius 3 is 2.53 bits per heavy atom. The van der Waals surface area contributed by atoms with Gasteiger partial charge in [-0.2, -0.15) is 0 Å². The topological polar surface area (TPSA) is 49.4 Å². The molecule has 2 heterocycles. The number of likely N-dealkylation sites (N-methyl/N-ethyl adjacent to an activating group) is 1. The molecule has 4 nitrogen and oxygen atoms in total. The minimum absolute atomic E-state index is 0.107. The van der Waals surface area contributed by atoms with E-state index in [9.17, 15) is 9.59 Å². The summed E-state index contributed by atoms with van der Waals surface area (Å²) in [6.45, 7) is 1.94. The molecule has 19 heavy (non-hydrogen) atoms. The fourth-order valence-corrected chi connectivity index (χ4v) is 3.44. The molecule has 2 unspecified atom stereocenters. The lowest BCUT2D eigenvalue weighted by Crippen LogP contribution is -2.28. The van der Waals surface area contributed by atoms with Gasteiger partial charge >= 0.3 is 0 Å². The zero-order chi connectivity index (χ0) is 13.7. The number of rotatable bonds is 1. The summed E-state index contributed by atoms with van der Waals surface area (Å²) in [6, 6.07) is 0.168. The predicted molar refractivity (Wildman–Crippen MR) is 75.1 cm³/mol. The second-order valence-corrected chi connectivity index (χ2v) is 5.66. The van der Waals surface area contributed by atoms with Crippen molar-refractivity contribution in [2.75, 3.05) is 7.05 Å². The molecule has 0 aromatic heterocycles. The SMILES string of the molecule is CC1=C(C2=C(Br)C(=O)N(C)C2=O)C2C=CC=CC2N1. The third-order valence-electron chi connectivity index (χ3n) is 3.76. The molecule has 1 N–H and O–H groups in total. The monoisotopic (exact) mass is 320 g/mol. The van der Waals surface area contributed by atoms with Gasteiger partial charge in [-0.15, -0.1) is 0 Å². The van der Waals surface area contributed by atoms with Gasteiger partial charge in [0.25, 0.3) is 11.8 Å². The Hall–Kier alpha value is -1.62. The van der Waals surface area contributed by atoms with E-state index in [1.54, 1.807) is 0 Å². The highest BCUT2D eigenvalue weighted by atomic mass is 79.9. The second kappa shape index (κ2) is 4.20. The highest BCUT2D eigenvalue weighted by Gasteiger charge is 2.42. The second-order valence-electron chi connectivity index (χ2n) is 4.86. The van der Waals surface area contributed by atoms with Gasteiger partial charge in [-0.05, 0) is 28.4 Å². The van der Waals surface area contributed by atoms with Crippen LogP contribution in [0.4, 0.5) is 0 Å². The summed E-state index contributed by atoms with van der Waals surface area (Å²) in [5, 5.41) is 3.36. The molecule has 0 radical (unpaired) electrons. The number of imide groups is 1. The van der Waals surface area contributed by atoms with Gasteiger partial charge in [0.15, 0.2) is 0 Å². The first-order chi connectivity index (χ1) is 9.02. The molecule has 0 fully saturated rings. The lowest BCUT2D eigenvalue weighted by Gasteiger charge is -2.19. The summed E-state index contributed by atoms with van der Waals surface area (Å²) < 4.78 is 0.361. The fourth-order valence-electron chi connectivity index (χ4n) is 2.79. The Bertz CT molecular complexity index is 613. The number of carbonyl (C=O) groups is 2. The Labute approximate surface area is 119 Å². The van der Waals surface area contributed by atoms with Crippen LogP contribution in [0, 0.1) is 5.92 Å². The van der Waals surface area contributed by atoms with E-state index in [2.05, 4.69) is 33.4 Å². The summed E-state index contributed by atoms with van der Waals surface area (Å²) in [6.07, 6.45) is 8.09. The van der Waals surface area contributed by atoms with Crippen molar-refractivity contribution in [1.82, 2.24) is 10.2 Å². The van der Waals surface area contributed by atoms with E-state index in [-0.39, 0.29) is 23.8 Å². The van der Waals surface area contributed by atoms with Crippen LogP contribution in [-0.2, 0) is 9.59 Å². The summed E-state index contributed by atoms with van der Waals surface area (Å²) in [4.78, 5) is 25.3. The molecule has 5 heteroatoms. The molecule has 0 bridgehead atoms. The van der Waals surface area contributed by atoms with Crippen molar-refractivity contribution >= 4 is 27.7 Å². The van der Waals surface area contributed by atoms with Crippen molar-refractivity contribution in [3.8, 4) is 0 Å². The van der Waals surface area contributed by atoms with Crippen LogP contribution in [-0.4, -0.2) is 29.8 Å². The fraction of sp³-hybridized carbons (Fsp3) is 0.286. The molecular formula is C14H13BrN2O2. The number of fused-ring (bicyclic) bond motifs is 1. The Balaban J connectivity index is 2.10. The first-order valence-electron chi connectivity index (χ1n) is 6.07. The van der Waals surface area contributed by atoms with Crippen LogP contribution in [0.2, 0.25) is 0 Å². The molecule has 0 spiro atoms. The molecule has 0 aromatic carbocycles. The van der Waals surface area contributed by atoms with Gasteiger partial charge in [-0.1, -0.05) is 24.3 Å². The Morgan fingerprint density at radius 2 is 1.89 bits per heavy atom. The lowest BCUT2D eigenvalue weighted by atomic mass is 9.86. The van der Waals surface area contributed by atoms with Crippen LogP contribution in [0.5, 0.6) is 0 Å². The highest BCUT2D eigenvalue weighted by molar-refractivity contribution is 9.12. The van der Waals surface area contributed by atoms with E-state index >= 15 is 0 Å². The van der Waals surface area contributed by atoms with Gasteiger partial charge < -0.3 is 5.32 Å². The Morgan fingerprint density at radius 1 is 1.21 bits per heavy atom. The maximum atomic E-state index is 12.2. The van der Waals surface area contributed by atoms with Crippen LogP contribution in [0.1, 0.15) is 6.92 Å². The minimum atomic E-state index is -0.279. The summed E-state index contributed by atoms with van der Waals surface area (Å²) in [7, 11) is 1.51. The number of nitrogens with one attached hydrogen (secondary N) is 1. The first kappa shape index (κ1) is 12.4. The van der Waals surface area contributed by atoms with E-state index in [1.807, 2.05) is 19.1 Å². The largest absolute Gasteiger partial charge is 0.381 e. The van der Waals surface area contributed by atoms with Crippen molar-refractivity contribution in [3.05, 3.63) is 45.6 Å². The van der Waals surface area contributed by atoms with Crippen molar-refractivity contribution in [2.45, 2.75) is 13.0 Å². The predicted octanol–water partition coefficient (Wildman–Crippen LogP) is 1.62. The number of halogens is 1. The van der Waals surface area contributed by atoms with Crippen LogP contribution < -0.4 is 5.32 Å². The summed E-state index contributed by atoms with van der Waals surface area (Å²) >= 11 is 3.27. The van der Waals surface area contributed by atoms with E-state index in [1.165, 1.54) is 7.05 Å². The molecule has 0 saturated heterocycles. The zero-order valence-corrected chi connectivity index (χ0v) is 12.2. The van der Waals surface area contributed by atoms with Gasteiger partial charge in [-0.25, -0.2) is 0 Å². The molecule has 2 aliphatic heterocycles. The lowest BCUT2D eigenvalue weighted by molar-refractivity contribution is -0.135. The molecule has 3 rings (SSSR count). The van der Waals surface area contributed by atoms with Gasteiger partial charge in [0.1, 0.15) is 0 Å². The number of hydrogen-bond acceptors (Lipinski definition) is 3. The van der Waals surface area contributed by atoms with E-state index in [0.717, 1.165) is 16.2 Å². The van der Waals surface area contributed by atoms with E-state index in [4.69, 9.17) is 0 Å². The van der Waals surface area contributed by atoms with E-state index in [0.29, 0.717) is 10.1 Å². The molecule has 98 valence electrons. The number of amides is 2. The number of carbonyl (C=O) groups excluding carboxylic acids is 2. The van der Waals surface area contributed by atoms with Gasteiger partial charge in [-0.3, -0.25) is 14.5 Å². The first-order valence-corrected chi connectivity index (χ1v) is 6.86. The van der Waals surface area contributed by atoms with Crippen molar-refractivity contribution in [1.29, 1.82) is 0 Å². The van der Waals surface area contributed by atoms with Crippen LogP contribution in [0.25, 0.3) is 0 Å². The molecule has 0 aromatic rings. The number of hydrogen-bond donors (Lipinski definition) is 1. The van der Waals surface area contributed by atoms with Crippen molar-refractivity contribution < 1.29 is 9.59 Å². The molecule has 1 aliphatic carbocycles. The molecule has 2 atom stereocenters. The number of allylic oxidation sites excluding steroid dienone is 3. The normalized spacial score (nSPS) is 29.5. The molecule has 2 amide bonds. The quantitative estimate of drug-likeness (QED) is 0.747. The molecule has 3 aliphatic rings. The van der Waals surface area contributed by atoms with Gasteiger partial charge in [0.2, 0.25) is 0 Å². The summed E-state index contributed by atoms with van der Waals surface area (Å²) in [5.74, 6) is -0.411. The standard InChI is InChI=1S/C14H13BrN2O2/c1-7-10(8-5-3-4-6-9(8)16-7)11-12(15)14(19)17(2)13(11)18/h3-6,8-9,16H,1-2H3. The third-order valence-corrected chi connectivity index (χ3v) is 4.49. The van der Waals surface area contributed by atoms with Crippen molar-refractivity contribution in [2.24, 2.45) is 5.92 Å². The zero-order valence-electron chi connectivity index (χ0n) is 10.6. The van der Waals surface area contributed by atoms with Gasteiger partial charge in [0.05, 0.1) is 16.1 Å². The maximum Gasteiger partial charge on any atom is 0.268 e. The molecule has 0 saturated carbocycles. The maximum absolute atomic E-state index is 12.2. The highest BCUT2D eigenvalue weighted by Crippen LogP contribution is 2.40. The van der Waals surface area contributed by atoms with Gasteiger partial charge in [0, 0.05) is 18.7 Å². The summed E-state index contributed by atoms with van der Waals surface area (Å²) in [5.41, 5.74) is 2.36. The Kier molecular flexibility index (Phi) is 2.74. The third kappa shape index (κ3) is 1.64. The minimum Gasteiger partial charge on any atom is -0.381 e. The van der Waals surface area contributed by atoms with Crippen LogP contribution in [0.3, 0.4) is 0 Å². The van der Waals surface area contributed by atoms with Crippen molar-refractivity contribution in [3.63, 3.8) is 0 Å². The molecular weight excluding hydrogens is 308 g/mol. The average Bonchev–Trinajstić information content (AvgIpc) is 2.81. The smallest absolute Gasteiger partial charge is 0.268 e. The number of nitrogens with zero attached hydrogens (tertiary/aromatic N) is 1. The van der Waals surface area contributed by atoms with Crippen LogP contribution in [0.15, 0.2) is 45.6 Å². The average molecular weight is 321 g/mol. The van der Waals surface area contributed by atoms with Crippen LogP contribution >= 0.6 is 15.9 Å². The van der Waals surface area contributed by atoms with E-state index < -0.39 is 0 Å².